The number of nitrogens with zero attached hydrogens (tertiary/aromatic N) is 3. The summed E-state index contributed by atoms with van der Waals surface area (Å²) in [6.45, 7) is 5.67. The van der Waals surface area contributed by atoms with Crippen LogP contribution in [0.1, 0.15) is 47.4 Å². The van der Waals surface area contributed by atoms with Crippen molar-refractivity contribution in [1.29, 1.82) is 0 Å². The molecular formula is C17H22N4OS. The largest absolute Gasteiger partial charge is 0.339 e. The summed E-state index contributed by atoms with van der Waals surface area (Å²) >= 11 is 1.69. The van der Waals surface area contributed by atoms with Gasteiger partial charge in [-0.25, -0.2) is 4.98 Å². The molecule has 1 saturated heterocycles. The highest BCUT2D eigenvalue weighted by molar-refractivity contribution is 7.99. The number of piperidine rings is 1. The number of pyridine rings is 1. The summed E-state index contributed by atoms with van der Waals surface area (Å²) < 4.78 is 0. The van der Waals surface area contributed by atoms with E-state index in [1.807, 2.05) is 24.0 Å². The molecule has 0 bridgehead atoms. The number of hydrogen-bond donors (Lipinski definition) is 1. The van der Waals surface area contributed by atoms with E-state index in [0.717, 1.165) is 48.1 Å². The second kappa shape index (κ2) is 7.17. The molecule has 0 unspecified atom stereocenters. The Bertz CT molecular complexity index is 659. The number of amides is 1. The molecule has 1 N–H and O–H groups in total. The van der Waals surface area contributed by atoms with Crippen LogP contribution >= 0.6 is 11.8 Å². The lowest BCUT2D eigenvalue weighted by Crippen LogP contribution is -2.38. The molecule has 2 aromatic rings. The van der Waals surface area contributed by atoms with Crippen LogP contribution in [0.2, 0.25) is 0 Å². The average Bonchev–Trinajstić information content (AvgIpc) is 3.02. The van der Waals surface area contributed by atoms with E-state index in [9.17, 15) is 4.79 Å². The number of aryl methyl sites for hydroxylation is 1. The van der Waals surface area contributed by atoms with Crippen molar-refractivity contribution in [2.75, 3.05) is 18.8 Å². The SMILES string of the molecule is CCSc1ccc(C(=O)N2CCC(c3cc(C)[nH]n3)CC2)cn1. The van der Waals surface area contributed by atoms with E-state index in [0.29, 0.717) is 11.5 Å². The molecule has 3 rings (SSSR count). The second-order valence-corrected chi connectivity index (χ2v) is 7.14. The molecule has 1 fully saturated rings. The summed E-state index contributed by atoms with van der Waals surface area (Å²) in [4.78, 5) is 18.9. The maximum absolute atomic E-state index is 12.6. The Labute approximate surface area is 140 Å². The lowest BCUT2D eigenvalue weighted by molar-refractivity contribution is 0.0711. The van der Waals surface area contributed by atoms with E-state index in [4.69, 9.17) is 0 Å². The number of H-pyrrole nitrogens is 1. The Kier molecular flexibility index (Phi) is 5.00. The van der Waals surface area contributed by atoms with Gasteiger partial charge in [-0.3, -0.25) is 9.89 Å². The number of rotatable bonds is 4. The topological polar surface area (TPSA) is 61.9 Å². The summed E-state index contributed by atoms with van der Waals surface area (Å²) in [6.07, 6.45) is 3.63. The molecule has 0 aromatic carbocycles. The molecule has 1 aliphatic heterocycles. The number of aromatic amines is 1. The van der Waals surface area contributed by atoms with Gasteiger partial charge in [-0.15, -0.1) is 11.8 Å². The third kappa shape index (κ3) is 3.75. The fraction of sp³-hybridized carbons (Fsp3) is 0.471. The Morgan fingerprint density at radius 3 is 2.74 bits per heavy atom. The Morgan fingerprint density at radius 2 is 2.17 bits per heavy atom. The molecule has 23 heavy (non-hydrogen) atoms. The Morgan fingerprint density at radius 1 is 1.39 bits per heavy atom. The summed E-state index contributed by atoms with van der Waals surface area (Å²) in [5, 5.41) is 8.32. The summed E-state index contributed by atoms with van der Waals surface area (Å²) in [5.74, 6) is 1.52. The minimum Gasteiger partial charge on any atom is -0.339 e. The van der Waals surface area contributed by atoms with Gasteiger partial charge in [-0.05, 0) is 43.7 Å². The van der Waals surface area contributed by atoms with Gasteiger partial charge < -0.3 is 4.90 Å². The van der Waals surface area contributed by atoms with Crippen molar-refractivity contribution in [3.63, 3.8) is 0 Å². The lowest BCUT2D eigenvalue weighted by Gasteiger charge is -2.31. The van der Waals surface area contributed by atoms with Crippen molar-refractivity contribution in [2.45, 2.75) is 37.6 Å². The molecule has 1 amide bonds. The van der Waals surface area contributed by atoms with Gasteiger partial charge in [0, 0.05) is 30.9 Å². The highest BCUT2D eigenvalue weighted by atomic mass is 32.2. The third-order valence-corrected chi connectivity index (χ3v) is 5.03. The van der Waals surface area contributed by atoms with Gasteiger partial charge in [-0.2, -0.15) is 5.10 Å². The second-order valence-electron chi connectivity index (χ2n) is 5.86. The van der Waals surface area contributed by atoms with Crippen LogP contribution in [0, 0.1) is 6.92 Å². The minimum atomic E-state index is 0.0854. The van der Waals surface area contributed by atoms with Gasteiger partial charge >= 0.3 is 0 Å². The number of aromatic nitrogens is 3. The van der Waals surface area contributed by atoms with Crippen LogP contribution in [0.5, 0.6) is 0 Å². The van der Waals surface area contributed by atoms with Crippen LogP contribution in [-0.2, 0) is 0 Å². The van der Waals surface area contributed by atoms with Crippen molar-refractivity contribution in [1.82, 2.24) is 20.1 Å². The van der Waals surface area contributed by atoms with E-state index in [2.05, 4.69) is 28.2 Å². The number of hydrogen-bond acceptors (Lipinski definition) is 4. The van der Waals surface area contributed by atoms with Crippen LogP contribution in [0.4, 0.5) is 0 Å². The smallest absolute Gasteiger partial charge is 0.255 e. The molecule has 6 heteroatoms. The molecule has 5 nitrogen and oxygen atoms in total. The zero-order valence-electron chi connectivity index (χ0n) is 13.6. The molecule has 2 aromatic heterocycles. The summed E-state index contributed by atoms with van der Waals surface area (Å²) in [5.41, 5.74) is 2.89. The van der Waals surface area contributed by atoms with Crippen molar-refractivity contribution >= 4 is 17.7 Å². The van der Waals surface area contributed by atoms with Crippen molar-refractivity contribution in [2.24, 2.45) is 0 Å². The standard InChI is InChI=1S/C17H22N4OS/c1-3-23-16-5-4-14(11-18-16)17(22)21-8-6-13(7-9-21)15-10-12(2)19-20-15/h4-5,10-11,13H,3,6-9H2,1-2H3,(H,19,20). The van der Waals surface area contributed by atoms with Gasteiger partial charge in [0.2, 0.25) is 0 Å². The predicted octanol–water partition coefficient (Wildman–Crippen LogP) is 3.24. The van der Waals surface area contributed by atoms with Crippen LogP contribution in [0.15, 0.2) is 29.4 Å². The van der Waals surface area contributed by atoms with E-state index in [1.54, 1.807) is 18.0 Å². The molecule has 0 aliphatic carbocycles. The van der Waals surface area contributed by atoms with Crippen molar-refractivity contribution < 1.29 is 4.79 Å². The zero-order chi connectivity index (χ0) is 16.2. The minimum absolute atomic E-state index is 0.0854. The highest BCUT2D eigenvalue weighted by Gasteiger charge is 2.25. The predicted molar refractivity (Wildman–Crippen MR) is 91.8 cm³/mol. The van der Waals surface area contributed by atoms with E-state index in [1.165, 1.54) is 0 Å². The van der Waals surface area contributed by atoms with E-state index in [-0.39, 0.29) is 5.91 Å². The first-order valence-corrected chi connectivity index (χ1v) is 9.06. The van der Waals surface area contributed by atoms with Crippen LogP contribution in [0.25, 0.3) is 0 Å². The van der Waals surface area contributed by atoms with Crippen LogP contribution in [-0.4, -0.2) is 44.8 Å². The average molecular weight is 330 g/mol. The molecule has 0 spiro atoms. The first-order chi connectivity index (χ1) is 11.2. The maximum atomic E-state index is 12.6. The number of carbonyl (C=O) groups excluding carboxylic acids is 1. The number of thioether (sulfide) groups is 1. The molecule has 0 saturated carbocycles. The molecular weight excluding hydrogens is 308 g/mol. The summed E-state index contributed by atoms with van der Waals surface area (Å²) in [7, 11) is 0. The van der Waals surface area contributed by atoms with Gasteiger partial charge in [-0.1, -0.05) is 6.92 Å². The maximum Gasteiger partial charge on any atom is 0.255 e. The highest BCUT2D eigenvalue weighted by Crippen LogP contribution is 2.27. The quantitative estimate of drug-likeness (QED) is 0.874. The van der Waals surface area contributed by atoms with Crippen LogP contribution < -0.4 is 0 Å². The van der Waals surface area contributed by atoms with Gasteiger partial charge in [0.15, 0.2) is 0 Å². The number of nitrogens with one attached hydrogen (secondary N) is 1. The lowest BCUT2D eigenvalue weighted by atomic mass is 9.93. The third-order valence-electron chi connectivity index (χ3n) is 4.20. The Hall–Kier alpha value is -1.82. The van der Waals surface area contributed by atoms with E-state index >= 15 is 0 Å². The Balaban J connectivity index is 1.59. The normalized spacial score (nSPS) is 15.8. The van der Waals surface area contributed by atoms with Gasteiger partial charge in [0.1, 0.15) is 0 Å². The van der Waals surface area contributed by atoms with Crippen molar-refractivity contribution in [3.05, 3.63) is 41.3 Å². The monoisotopic (exact) mass is 330 g/mol. The first-order valence-electron chi connectivity index (χ1n) is 8.07. The molecule has 122 valence electrons. The fourth-order valence-electron chi connectivity index (χ4n) is 2.95. The van der Waals surface area contributed by atoms with Gasteiger partial charge in [0.25, 0.3) is 5.91 Å². The number of carbonyl (C=O) groups is 1. The fourth-order valence-corrected chi connectivity index (χ4v) is 3.54. The molecule has 1 aliphatic rings. The van der Waals surface area contributed by atoms with Crippen LogP contribution in [0.3, 0.4) is 0 Å². The van der Waals surface area contributed by atoms with Gasteiger partial charge in [0.05, 0.1) is 16.3 Å². The molecule has 0 radical (unpaired) electrons. The molecule has 3 heterocycles. The number of likely N-dealkylation sites (tertiary alicyclic amines) is 1. The first kappa shape index (κ1) is 16.1. The molecule has 0 atom stereocenters. The van der Waals surface area contributed by atoms with Crippen molar-refractivity contribution in [3.8, 4) is 0 Å². The zero-order valence-corrected chi connectivity index (χ0v) is 14.4. The summed E-state index contributed by atoms with van der Waals surface area (Å²) in [6, 6.07) is 5.92. The van der Waals surface area contributed by atoms with E-state index < -0.39 is 0 Å².